The predicted molar refractivity (Wildman–Crippen MR) is 59.8 cm³/mol. The number of nitrogens with two attached hydrogens (primary N) is 1. The van der Waals surface area contributed by atoms with Gasteiger partial charge in [0.05, 0.1) is 6.54 Å². The molecule has 0 saturated carbocycles. The van der Waals surface area contributed by atoms with Gasteiger partial charge < -0.3 is 11.1 Å². The van der Waals surface area contributed by atoms with Gasteiger partial charge in [-0.15, -0.1) is 0 Å². The SMILES string of the molecule is C=C(N)C(C)(C)C(=C)NCC(F)(F)C(C)(F)F. The van der Waals surface area contributed by atoms with Crippen molar-refractivity contribution >= 4 is 0 Å². The highest BCUT2D eigenvalue weighted by Gasteiger charge is 2.52. The number of nitrogens with one attached hydrogen (secondary N) is 1. The molecule has 0 aromatic heterocycles. The average Bonchev–Trinajstić information content (AvgIpc) is 2.11. The lowest BCUT2D eigenvalue weighted by Gasteiger charge is -2.31. The van der Waals surface area contributed by atoms with E-state index < -0.39 is 23.8 Å². The largest absolute Gasteiger partial charge is 0.402 e. The smallest absolute Gasteiger partial charge is 0.326 e. The quantitative estimate of drug-likeness (QED) is 0.715. The number of halogens is 4. The molecule has 6 heteroatoms. The zero-order chi connectivity index (χ0) is 14.1. The van der Waals surface area contributed by atoms with Gasteiger partial charge in [0.1, 0.15) is 0 Å². The van der Waals surface area contributed by atoms with E-state index in [-0.39, 0.29) is 18.3 Å². The summed E-state index contributed by atoms with van der Waals surface area (Å²) in [7, 11) is 0. The molecule has 0 unspecified atom stereocenters. The number of rotatable bonds is 6. The van der Waals surface area contributed by atoms with E-state index in [1.54, 1.807) is 13.8 Å². The Morgan fingerprint density at radius 1 is 1.12 bits per heavy atom. The summed E-state index contributed by atoms with van der Waals surface area (Å²) in [4.78, 5) is 0. The number of alkyl halides is 4. The Balaban J connectivity index is 4.61. The second-order valence-electron chi connectivity index (χ2n) is 4.58. The average molecular weight is 254 g/mol. The fourth-order valence-electron chi connectivity index (χ4n) is 0.788. The molecular formula is C11H18F4N2. The summed E-state index contributed by atoms with van der Waals surface area (Å²) in [6.45, 7) is 9.16. The van der Waals surface area contributed by atoms with Gasteiger partial charge in [-0.1, -0.05) is 13.2 Å². The number of hydrogen-bond acceptors (Lipinski definition) is 2. The third kappa shape index (κ3) is 3.64. The lowest BCUT2D eigenvalue weighted by Crippen LogP contribution is -2.47. The van der Waals surface area contributed by atoms with Crippen molar-refractivity contribution < 1.29 is 17.6 Å². The van der Waals surface area contributed by atoms with E-state index in [1.165, 1.54) is 0 Å². The first-order valence-corrected chi connectivity index (χ1v) is 4.96. The van der Waals surface area contributed by atoms with E-state index in [9.17, 15) is 17.6 Å². The summed E-state index contributed by atoms with van der Waals surface area (Å²) in [5.41, 5.74) is 4.95. The summed E-state index contributed by atoms with van der Waals surface area (Å²) in [5, 5.41) is 2.19. The Kier molecular flexibility index (Phi) is 4.26. The maximum atomic E-state index is 13.0. The summed E-state index contributed by atoms with van der Waals surface area (Å²) in [6, 6.07) is 0. The minimum absolute atomic E-state index is 0.119. The molecule has 0 fully saturated rings. The van der Waals surface area contributed by atoms with E-state index >= 15 is 0 Å². The van der Waals surface area contributed by atoms with Crippen LogP contribution in [-0.4, -0.2) is 18.4 Å². The molecule has 100 valence electrons. The molecule has 0 atom stereocenters. The van der Waals surface area contributed by atoms with Gasteiger partial charge in [-0.05, 0) is 13.8 Å². The van der Waals surface area contributed by atoms with Crippen LogP contribution in [0.5, 0.6) is 0 Å². The molecule has 0 aliphatic heterocycles. The van der Waals surface area contributed by atoms with Crippen LogP contribution >= 0.6 is 0 Å². The van der Waals surface area contributed by atoms with Crippen LogP contribution < -0.4 is 11.1 Å². The second kappa shape index (κ2) is 4.58. The zero-order valence-corrected chi connectivity index (χ0v) is 10.2. The van der Waals surface area contributed by atoms with Gasteiger partial charge in [-0.3, -0.25) is 0 Å². The van der Waals surface area contributed by atoms with Crippen molar-refractivity contribution in [1.29, 1.82) is 0 Å². The van der Waals surface area contributed by atoms with Gasteiger partial charge >= 0.3 is 11.8 Å². The van der Waals surface area contributed by atoms with Crippen molar-refractivity contribution in [3.63, 3.8) is 0 Å². The molecule has 17 heavy (non-hydrogen) atoms. The molecule has 0 aliphatic rings. The highest BCUT2D eigenvalue weighted by molar-refractivity contribution is 5.19. The van der Waals surface area contributed by atoms with Crippen LogP contribution in [0, 0.1) is 5.41 Å². The zero-order valence-electron chi connectivity index (χ0n) is 10.2. The van der Waals surface area contributed by atoms with Crippen LogP contribution in [-0.2, 0) is 0 Å². The topological polar surface area (TPSA) is 38.0 Å². The second-order valence-corrected chi connectivity index (χ2v) is 4.58. The Bertz CT molecular complexity index is 316. The van der Waals surface area contributed by atoms with E-state index in [2.05, 4.69) is 18.5 Å². The molecule has 0 bridgehead atoms. The Labute approximate surface area is 98.6 Å². The minimum Gasteiger partial charge on any atom is -0.402 e. The van der Waals surface area contributed by atoms with Crippen LogP contribution in [0.1, 0.15) is 20.8 Å². The normalized spacial score (nSPS) is 13.4. The van der Waals surface area contributed by atoms with Gasteiger partial charge in [0, 0.05) is 23.7 Å². The molecule has 0 aliphatic carbocycles. The van der Waals surface area contributed by atoms with Crippen LogP contribution in [0.15, 0.2) is 24.6 Å². The Morgan fingerprint density at radius 3 is 1.82 bits per heavy atom. The summed E-state index contributed by atoms with van der Waals surface area (Å²) >= 11 is 0. The molecule has 0 amide bonds. The Morgan fingerprint density at radius 2 is 1.53 bits per heavy atom. The Hall–Kier alpha value is -1.20. The lowest BCUT2D eigenvalue weighted by atomic mass is 9.87. The first-order valence-electron chi connectivity index (χ1n) is 4.96. The van der Waals surface area contributed by atoms with Crippen molar-refractivity contribution in [3.05, 3.63) is 24.6 Å². The van der Waals surface area contributed by atoms with Crippen LogP contribution in [0.25, 0.3) is 0 Å². The van der Waals surface area contributed by atoms with Crippen molar-refractivity contribution in [2.45, 2.75) is 32.6 Å². The van der Waals surface area contributed by atoms with Gasteiger partial charge in [0.25, 0.3) is 0 Å². The maximum Gasteiger partial charge on any atom is 0.326 e. The molecule has 0 spiro atoms. The van der Waals surface area contributed by atoms with Crippen molar-refractivity contribution in [1.82, 2.24) is 5.32 Å². The van der Waals surface area contributed by atoms with Crippen molar-refractivity contribution in [2.75, 3.05) is 6.54 Å². The standard InChI is InChI=1S/C11H18F4N2/c1-7(16)9(3,4)8(2)17-6-11(14,15)10(5,12)13/h17H,1-2,6,16H2,3-5H3. The fraction of sp³-hybridized carbons (Fsp3) is 0.636. The molecule has 0 radical (unpaired) electrons. The van der Waals surface area contributed by atoms with Crippen LogP contribution in [0.2, 0.25) is 0 Å². The highest BCUT2D eigenvalue weighted by Crippen LogP contribution is 2.34. The third-order valence-electron chi connectivity index (χ3n) is 2.72. The summed E-state index contributed by atoms with van der Waals surface area (Å²) < 4.78 is 51.0. The van der Waals surface area contributed by atoms with E-state index in [0.717, 1.165) is 0 Å². The first-order chi connectivity index (χ1) is 7.32. The monoisotopic (exact) mass is 254 g/mol. The van der Waals surface area contributed by atoms with E-state index in [4.69, 9.17) is 5.73 Å². The van der Waals surface area contributed by atoms with E-state index in [0.29, 0.717) is 0 Å². The molecule has 3 N–H and O–H groups in total. The van der Waals surface area contributed by atoms with E-state index in [1.807, 2.05) is 0 Å². The van der Waals surface area contributed by atoms with Gasteiger partial charge in [0.2, 0.25) is 0 Å². The maximum absolute atomic E-state index is 13.0. The van der Waals surface area contributed by atoms with Gasteiger partial charge in [-0.2, -0.15) is 8.78 Å². The molecule has 0 saturated heterocycles. The molecule has 0 aromatic rings. The predicted octanol–water partition coefficient (Wildman–Crippen LogP) is 2.88. The molecule has 0 aromatic carbocycles. The fourth-order valence-corrected chi connectivity index (χ4v) is 0.788. The molecule has 0 rings (SSSR count). The summed E-state index contributed by atoms with van der Waals surface area (Å²) in [5.74, 6) is -8.24. The van der Waals surface area contributed by atoms with Crippen molar-refractivity contribution in [3.8, 4) is 0 Å². The van der Waals surface area contributed by atoms with Gasteiger partial charge in [0.15, 0.2) is 0 Å². The minimum atomic E-state index is -4.15. The van der Waals surface area contributed by atoms with Crippen LogP contribution in [0.4, 0.5) is 17.6 Å². The molecule has 2 nitrogen and oxygen atoms in total. The number of hydrogen-bond donors (Lipinski definition) is 2. The van der Waals surface area contributed by atoms with Gasteiger partial charge in [-0.25, -0.2) is 8.78 Å². The lowest BCUT2D eigenvalue weighted by molar-refractivity contribution is -0.193. The first kappa shape index (κ1) is 15.8. The van der Waals surface area contributed by atoms with Crippen molar-refractivity contribution in [2.24, 2.45) is 11.1 Å². The highest BCUT2D eigenvalue weighted by atomic mass is 19.3. The summed E-state index contributed by atoms with van der Waals surface area (Å²) in [6.07, 6.45) is 0. The van der Waals surface area contributed by atoms with Crippen LogP contribution in [0.3, 0.4) is 0 Å². The molecule has 0 heterocycles. The third-order valence-corrected chi connectivity index (χ3v) is 2.72. The molecular weight excluding hydrogens is 236 g/mol.